The third-order valence-corrected chi connectivity index (χ3v) is 3.76. The van der Waals surface area contributed by atoms with Gasteiger partial charge in [-0.3, -0.25) is 4.79 Å². The highest BCUT2D eigenvalue weighted by atomic mass is 35.5. The minimum absolute atomic E-state index is 0.649. The van der Waals surface area contributed by atoms with Gasteiger partial charge < -0.3 is 5.11 Å². The number of allylic oxidation sites excluding steroid dienone is 2. The molecule has 8 heteroatoms. The fourth-order valence-corrected chi connectivity index (χ4v) is 2.26. The maximum absolute atomic E-state index is 13.1. The van der Waals surface area contributed by atoms with E-state index < -0.39 is 39.6 Å². The van der Waals surface area contributed by atoms with Gasteiger partial charge in [-0.15, -0.1) is 0 Å². The van der Waals surface area contributed by atoms with Crippen LogP contribution in [0.2, 0.25) is 0 Å². The van der Waals surface area contributed by atoms with Crippen LogP contribution in [0.15, 0.2) is 11.1 Å². The first-order chi connectivity index (χ1) is 7.83. The van der Waals surface area contributed by atoms with Gasteiger partial charge in [0, 0.05) is 0 Å². The number of carboxylic acid groups (broad SMARTS) is 1. The molecule has 2 unspecified atom stereocenters. The minimum Gasteiger partial charge on any atom is -0.481 e. The number of hydrogen-bond acceptors (Lipinski definition) is 1. The summed E-state index contributed by atoms with van der Waals surface area (Å²) in [5.41, 5.74) is -0.802. The Morgan fingerprint density at radius 2 is 1.78 bits per heavy atom. The molecule has 0 spiro atoms. The molecule has 0 bridgehead atoms. The molecule has 104 valence electrons. The van der Waals surface area contributed by atoms with Crippen LogP contribution in [-0.4, -0.2) is 22.4 Å². The molecule has 0 radical (unpaired) electrons. The first-order valence-electron chi connectivity index (χ1n) is 4.88. The molecule has 1 aliphatic rings. The summed E-state index contributed by atoms with van der Waals surface area (Å²) >= 11 is 9.41. The van der Waals surface area contributed by atoms with Crippen LogP contribution in [0.1, 0.15) is 13.8 Å². The predicted octanol–water partition coefficient (Wildman–Crippen LogP) is 3.93. The van der Waals surface area contributed by atoms with E-state index in [1.54, 1.807) is 0 Å². The number of hydrogen-bond donors (Lipinski definition) is 1. The largest absolute Gasteiger partial charge is 0.481 e. The minimum atomic E-state index is -4.82. The maximum atomic E-state index is 13.1. The van der Waals surface area contributed by atoms with Gasteiger partial charge >= 0.3 is 17.3 Å². The molecule has 0 aromatic heterocycles. The highest BCUT2D eigenvalue weighted by molar-refractivity contribution is 6.32. The SMILES string of the molecule is CC1(C)C(/C=C(\Cl)C(F)(F)C(F)(F)Cl)C1C(=O)O. The van der Waals surface area contributed by atoms with Gasteiger partial charge in [0.25, 0.3) is 0 Å². The molecule has 2 nitrogen and oxygen atoms in total. The van der Waals surface area contributed by atoms with E-state index in [1.165, 1.54) is 13.8 Å². The van der Waals surface area contributed by atoms with E-state index >= 15 is 0 Å². The quantitative estimate of drug-likeness (QED) is 0.631. The molecule has 2 atom stereocenters. The number of carbonyl (C=O) groups is 1. The summed E-state index contributed by atoms with van der Waals surface area (Å²) in [6, 6.07) is 0. The van der Waals surface area contributed by atoms with Crippen molar-refractivity contribution in [3.8, 4) is 0 Å². The van der Waals surface area contributed by atoms with Gasteiger partial charge in [-0.2, -0.15) is 17.6 Å². The lowest BCUT2D eigenvalue weighted by Crippen LogP contribution is -2.35. The molecule has 1 rings (SSSR count). The Kier molecular flexibility index (Phi) is 3.69. The Bertz CT molecular complexity index is 401. The lowest BCUT2D eigenvalue weighted by molar-refractivity contribution is -0.139. The van der Waals surface area contributed by atoms with Gasteiger partial charge in [-0.1, -0.05) is 31.5 Å². The van der Waals surface area contributed by atoms with Crippen molar-refractivity contribution in [1.82, 2.24) is 0 Å². The van der Waals surface area contributed by atoms with Gasteiger partial charge in [0.05, 0.1) is 11.0 Å². The summed E-state index contributed by atoms with van der Waals surface area (Å²) < 4.78 is 51.0. The fourth-order valence-electron chi connectivity index (χ4n) is 1.86. The summed E-state index contributed by atoms with van der Waals surface area (Å²) in [5, 5.41) is 2.54. The number of alkyl halides is 5. The lowest BCUT2D eigenvalue weighted by Gasteiger charge is -2.20. The normalized spacial score (nSPS) is 28.1. The molecule has 0 heterocycles. The molecule has 0 saturated heterocycles. The average Bonchev–Trinajstić information content (AvgIpc) is 2.65. The lowest BCUT2D eigenvalue weighted by atomic mass is 10.1. The molecule has 18 heavy (non-hydrogen) atoms. The van der Waals surface area contributed by atoms with Crippen molar-refractivity contribution < 1.29 is 27.5 Å². The zero-order valence-corrected chi connectivity index (χ0v) is 10.9. The van der Waals surface area contributed by atoms with Crippen LogP contribution >= 0.6 is 23.2 Å². The monoisotopic (exact) mass is 308 g/mol. The van der Waals surface area contributed by atoms with Crippen LogP contribution in [0.25, 0.3) is 0 Å². The topological polar surface area (TPSA) is 37.3 Å². The molecule has 0 amide bonds. The van der Waals surface area contributed by atoms with Crippen molar-refractivity contribution in [2.24, 2.45) is 17.3 Å². The summed E-state index contributed by atoms with van der Waals surface area (Å²) in [5.74, 6) is -7.66. The van der Waals surface area contributed by atoms with Crippen molar-refractivity contribution in [1.29, 1.82) is 0 Å². The number of rotatable bonds is 4. The highest BCUT2D eigenvalue weighted by Crippen LogP contribution is 2.60. The molecule has 1 fully saturated rings. The van der Waals surface area contributed by atoms with Crippen molar-refractivity contribution in [2.75, 3.05) is 0 Å². The van der Waals surface area contributed by atoms with E-state index in [0.717, 1.165) is 0 Å². The average molecular weight is 309 g/mol. The van der Waals surface area contributed by atoms with Crippen molar-refractivity contribution in [2.45, 2.75) is 25.2 Å². The molecule has 0 aromatic carbocycles. The number of aliphatic carboxylic acids is 1. The molecular weight excluding hydrogens is 299 g/mol. The smallest absolute Gasteiger partial charge is 0.389 e. The van der Waals surface area contributed by atoms with Crippen LogP contribution in [0.4, 0.5) is 17.6 Å². The van der Waals surface area contributed by atoms with Crippen LogP contribution in [0, 0.1) is 17.3 Å². The maximum Gasteiger partial charge on any atom is 0.389 e. The highest BCUT2D eigenvalue weighted by Gasteiger charge is 2.63. The Morgan fingerprint density at radius 1 is 1.33 bits per heavy atom. The zero-order chi connectivity index (χ0) is 14.5. The van der Waals surface area contributed by atoms with Gasteiger partial charge in [-0.05, 0) is 22.9 Å². The third kappa shape index (κ3) is 2.45. The Balaban J connectivity index is 2.97. The third-order valence-electron chi connectivity index (χ3n) is 3.16. The number of carboxylic acids is 1. The zero-order valence-electron chi connectivity index (χ0n) is 9.36. The van der Waals surface area contributed by atoms with E-state index in [9.17, 15) is 22.4 Å². The summed E-state index contributed by atoms with van der Waals surface area (Å²) in [4.78, 5) is 10.8. The van der Waals surface area contributed by atoms with Gasteiger partial charge in [0.15, 0.2) is 0 Å². The second kappa shape index (κ2) is 4.27. The molecule has 1 aliphatic carbocycles. The molecule has 0 aromatic rings. The molecule has 0 aliphatic heterocycles. The van der Waals surface area contributed by atoms with Crippen LogP contribution < -0.4 is 0 Å². The van der Waals surface area contributed by atoms with E-state index in [1.807, 2.05) is 0 Å². The Labute approximate surface area is 111 Å². The summed E-state index contributed by atoms with van der Waals surface area (Å²) in [6.07, 6.45) is 0.649. The van der Waals surface area contributed by atoms with E-state index in [0.29, 0.717) is 6.08 Å². The molecular formula is C10H10Cl2F4O2. The standard InChI is InChI=1S/C10H10Cl2F4O2/c1-8(2)4(6(8)7(17)18)3-5(11)9(13,14)10(12,15)16/h3-4,6H,1-2H3,(H,17,18)/b5-3-. The summed E-state index contributed by atoms with van der Waals surface area (Å²) in [6.45, 7) is 3.04. The Hall–Kier alpha value is -0.490. The van der Waals surface area contributed by atoms with Crippen LogP contribution in [-0.2, 0) is 4.79 Å². The second-order valence-corrected chi connectivity index (χ2v) is 5.63. The van der Waals surface area contributed by atoms with Gasteiger partial charge in [0.1, 0.15) is 0 Å². The van der Waals surface area contributed by atoms with Crippen LogP contribution in [0.5, 0.6) is 0 Å². The van der Waals surface area contributed by atoms with E-state index in [-0.39, 0.29) is 0 Å². The van der Waals surface area contributed by atoms with Crippen molar-refractivity contribution >= 4 is 29.2 Å². The number of halogens is 6. The summed E-state index contributed by atoms with van der Waals surface area (Å²) in [7, 11) is 0. The fraction of sp³-hybridized carbons (Fsp3) is 0.700. The van der Waals surface area contributed by atoms with Crippen LogP contribution in [0.3, 0.4) is 0 Å². The first-order valence-corrected chi connectivity index (χ1v) is 5.64. The first kappa shape index (κ1) is 15.6. The second-order valence-electron chi connectivity index (χ2n) is 4.75. The molecule has 1 saturated carbocycles. The Morgan fingerprint density at radius 3 is 2.06 bits per heavy atom. The van der Waals surface area contributed by atoms with Gasteiger partial charge in [0.2, 0.25) is 0 Å². The molecule has 1 N–H and O–H groups in total. The van der Waals surface area contributed by atoms with Crippen molar-refractivity contribution in [3.05, 3.63) is 11.1 Å². The van der Waals surface area contributed by atoms with E-state index in [4.69, 9.17) is 16.7 Å². The predicted molar refractivity (Wildman–Crippen MR) is 58.1 cm³/mol. The van der Waals surface area contributed by atoms with Crippen molar-refractivity contribution in [3.63, 3.8) is 0 Å². The van der Waals surface area contributed by atoms with E-state index in [2.05, 4.69) is 11.6 Å². The van der Waals surface area contributed by atoms with Gasteiger partial charge in [-0.25, -0.2) is 0 Å².